The van der Waals surface area contributed by atoms with E-state index in [0.717, 1.165) is 5.75 Å². The molecular formula is C11H12N2O3. The summed E-state index contributed by atoms with van der Waals surface area (Å²) in [5, 5.41) is 0. The van der Waals surface area contributed by atoms with Gasteiger partial charge in [0.25, 0.3) is 6.01 Å². The zero-order valence-electron chi connectivity index (χ0n) is 8.84. The fourth-order valence-corrected chi connectivity index (χ4v) is 1.23. The molecule has 84 valence electrons. The van der Waals surface area contributed by atoms with Crippen LogP contribution in [0.3, 0.4) is 0 Å². The molecule has 1 aromatic heterocycles. The Kier molecular flexibility index (Phi) is 2.95. The second-order valence-corrected chi connectivity index (χ2v) is 3.13. The molecule has 5 heteroatoms. The van der Waals surface area contributed by atoms with Gasteiger partial charge >= 0.3 is 0 Å². The van der Waals surface area contributed by atoms with Crippen molar-refractivity contribution in [2.45, 2.75) is 6.61 Å². The van der Waals surface area contributed by atoms with E-state index in [0.29, 0.717) is 11.5 Å². The number of benzene rings is 1. The van der Waals surface area contributed by atoms with Crippen molar-refractivity contribution in [3.8, 4) is 11.5 Å². The molecular weight excluding hydrogens is 208 g/mol. The molecule has 0 saturated carbocycles. The summed E-state index contributed by atoms with van der Waals surface area (Å²) < 4.78 is 15.6. The average molecular weight is 220 g/mol. The van der Waals surface area contributed by atoms with Gasteiger partial charge in [-0.2, -0.15) is 0 Å². The second kappa shape index (κ2) is 4.57. The van der Waals surface area contributed by atoms with E-state index < -0.39 is 0 Å². The van der Waals surface area contributed by atoms with Crippen molar-refractivity contribution in [2.75, 3.05) is 12.8 Å². The molecule has 2 aromatic rings. The Balaban J connectivity index is 1.99. The largest absolute Gasteiger partial charge is 0.497 e. The van der Waals surface area contributed by atoms with Crippen molar-refractivity contribution in [2.24, 2.45) is 0 Å². The Morgan fingerprint density at radius 1 is 1.38 bits per heavy atom. The predicted molar refractivity (Wildman–Crippen MR) is 58.2 cm³/mol. The highest BCUT2D eigenvalue weighted by Crippen LogP contribution is 2.20. The van der Waals surface area contributed by atoms with Gasteiger partial charge in [0, 0.05) is 6.07 Å². The topological polar surface area (TPSA) is 70.5 Å². The van der Waals surface area contributed by atoms with E-state index in [1.807, 2.05) is 18.2 Å². The minimum Gasteiger partial charge on any atom is -0.497 e. The van der Waals surface area contributed by atoms with Gasteiger partial charge < -0.3 is 19.6 Å². The molecule has 0 fully saturated rings. The Morgan fingerprint density at radius 2 is 2.19 bits per heavy atom. The summed E-state index contributed by atoms with van der Waals surface area (Å²) in [5.41, 5.74) is 5.34. The standard InChI is InChI=1S/C11H12N2O3/c1-14-8-3-2-4-9(5-8)15-7-10-6-13-11(12)16-10/h2-6H,7H2,1H3,(H2,12,13). The molecule has 0 aliphatic rings. The third-order valence-corrected chi connectivity index (χ3v) is 1.99. The lowest BCUT2D eigenvalue weighted by atomic mass is 10.3. The van der Waals surface area contributed by atoms with Crippen LogP contribution in [0.15, 0.2) is 34.9 Å². The molecule has 0 saturated heterocycles. The molecule has 2 N–H and O–H groups in total. The number of oxazole rings is 1. The smallest absolute Gasteiger partial charge is 0.292 e. The number of aromatic nitrogens is 1. The van der Waals surface area contributed by atoms with E-state index >= 15 is 0 Å². The first-order valence-corrected chi connectivity index (χ1v) is 4.75. The van der Waals surface area contributed by atoms with Gasteiger partial charge in [-0.3, -0.25) is 0 Å². The van der Waals surface area contributed by atoms with Gasteiger partial charge in [0.1, 0.15) is 18.1 Å². The van der Waals surface area contributed by atoms with Gasteiger partial charge in [-0.25, -0.2) is 4.98 Å². The lowest BCUT2D eigenvalue weighted by Crippen LogP contribution is -1.94. The van der Waals surface area contributed by atoms with Crippen molar-refractivity contribution in [3.05, 3.63) is 36.2 Å². The number of hydrogen-bond acceptors (Lipinski definition) is 5. The van der Waals surface area contributed by atoms with E-state index in [1.165, 1.54) is 6.20 Å². The molecule has 2 rings (SSSR count). The fourth-order valence-electron chi connectivity index (χ4n) is 1.23. The van der Waals surface area contributed by atoms with Crippen molar-refractivity contribution in [3.63, 3.8) is 0 Å². The van der Waals surface area contributed by atoms with Crippen LogP contribution in [0, 0.1) is 0 Å². The van der Waals surface area contributed by atoms with Gasteiger partial charge in [0.2, 0.25) is 0 Å². The van der Waals surface area contributed by atoms with Gasteiger partial charge in [0.05, 0.1) is 13.3 Å². The van der Waals surface area contributed by atoms with Crippen LogP contribution >= 0.6 is 0 Å². The van der Waals surface area contributed by atoms with Crippen LogP contribution in [0.2, 0.25) is 0 Å². The lowest BCUT2D eigenvalue weighted by Gasteiger charge is -2.05. The molecule has 0 amide bonds. The highest BCUT2D eigenvalue weighted by Gasteiger charge is 2.02. The minimum absolute atomic E-state index is 0.143. The summed E-state index contributed by atoms with van der Waals surface area (Å²) in [7, 11) is 1.61. The van der Waals surface area contributed by atoms with Crippen LogP contribution in [-0.4, -0.2) is 12.1 Å². The number of hydrogen-bond donors (Lipinski definition) is 1. The molecule has 0 atom stereocenters. The summed E-state index contributed by atoms with van der Waals surface area (Å²) in [6, 6.07) is 7.47. The van der Waals surface area contributed by atoms with Crippen LogP contribution in [-0.2, 0) is 6.61 Å². The van der Waals surface area contributed by atoms with Gasteiger partial charge in [-0.1, -0.05) is 6.07 Å². The van der Waals surface area contributed by atoms with Crippen molar-refractivity contribution in [1.82, 2.24) is 4.98 Å². The maximum absolute atomic E-state index is 5.48. The first-order chi connectivity index (χ1) is 7.78. The van der Waals surface area contributed by atoms with Gasteiger partial charge in [-0.15, -0.1) is 0 Å². The van der Waals surface area contributed by atoms with Crippen molar-refractivity contribution < 1.29 is 13.9 Å². The first-order valence-electron chi connectivity index (χ1n) is 4.75. The van der Waals surface area contributed by atoms with Crippen molar-refractivity contribution in [1.29, 1.82) is 0 Å². The van der Waals surface area contributed by atoms with Crippen LogP contribution in [0.5, 0.6) is 11.5 Å². The summed E-state index contributed by atoms with van der Waals surface area (Å²) in [6.07, 6.45) is 1.54. The number of anilines is 1. The van der Waals surface area contributed by atoms with E-state index in [4.69, 9.17) is 19.6 Å². The summed E-state index contributed by atoms with van der Waals surface area (Å²) >= 11 is 0. The van der Waals surface area contributed by atoms with Crippen LogP contribution in [0.25, 0.3) is 0 Å². The zero-order chi connectivity index (χ0) is 11.4. The molecule has 0 radical (unpaired) electrons. The van der Waals surface area contributed by atoms with E-state index in [2.05, 4.69) is 4.98 Å². The third-order valence-electron chi connectivity index (χ3n) is 1.99. The van der Waals surface area contributed by atoms with Crippen molar-refractivity contribution >= 4 is 6.01 Å². The summed E-state index contributed by atoms with van der Waals surface area (Å²) in [4.78, 5) is 3.77. The van der Waals surface area contributed by atoms with E-state index in [9.17, 15) is 0 Å². The van der Waals surface area contributed by atoms with Gasteiger partial charge in [-0.05, 0) is 12.1 Å². The lowest BCUT2D eigenvalue weighted by molar-refractivity contribution is 0.271. The highest BCUT2D eigenvalue weighted by atomic mass is 16.5. The Bertz CT molecular complexity index is 468. The highest BCUT2D eigenvalue weighted by molar-refractivity contribution is 5.32. The molecule has 0 aliphatic carbocycles. The second-order valence-electron chi connectivity index (χ2n) is 3.13. The molecule has 0 aliphatic heterocycles. The number of nitrogens with zero attached hydrogens (tertiary/aromatic N) is 1. The summed E-state index contributed by atoms with van der Waals surface area (Å²) in [6.45, 7) is 0.289. The Hall–Kier alpha value is -2.17. The predicted octanol–water partition coefficient (Wildman–Crippen LogP) is 1.84. The molecule has 0 bridgehead atoms. The fraction of sp³-hybridized carbons (Fsp3) is 0.182. The Labute approximate surface area is 92.8 Å². The van der Waals surface area contributed by atoms with Gasteiger partial charge in [0.15, 0.2) is 5.76 Å². The van der Waals surface area contributed by atoms with Crippen LogP contribution in [0.1, 0.15) is 5.76 Å². The number of rotatable bonds is 4. The van der Waals surface area contributed by atoms with E-state index in [-0.39, 0.29) is 12.6 Å². The minimum atomic E-state index is 0.143. The number of ether oxygens (including phenoxy) is 2. The number of nitrogens with two attached hydrogens (primary N) is 1. The third kappa shape index (κ3) is 2.44. The average Bonchev–Trinajstić information content (AvgIpc) is 2.73. The Morgan fingerprint density at radius 3 is 2.88 bits per heavy atom. The molecule has 0 spiro atoms. The van der Waals surface area contributed by atoms with E-state index in [1.54, 1.807) is 13.2 Å². The summed E-state index contributed by atoms with van der Waals surface area (Å²) in [5.74, 6) is 2.03. The maximum Gasteiger partial charge on any atom is 0.292 e. The monoisotopic (exact) mass is 220 g/mol. The normalized spacial score (nSPS) is 10.1. The maximum atomic E-state index is 5.48. The first kappa shape index (κ1) is 10.4. The zero-order valence-corrected chi connectivity index (χ0v) is 8.84. The molecule has 0 unspecified atom stereocenters. The van der Waals surface area contributed by atoms with Crippen LogP contribution < -0.4 is 15.2 Å². The molecule has 5 nitrogen and oxygen atoms in total. The molecule has 1 aromatic carbocycles. The molecule has 1 heterocycles. The quantitative estimate of drug-likeness (QED) is 0.851. The SMILES string of the molecule is COc1cccc(OCc2cnc(N)o2)c1. The molecule has 16 heavy (non-hydrogen) atoms. The number of methoxy groups -OCH3 is 1. The van der Waals surface area contributed by atoms with Crippen LogP contribution in [0.4, 0.5) is 6.01 Å². The number of nitrogen functional groups attached to an aromatic ring is 1.